The SMILES string of the molecule is CC(O)C[N+](C)(C)CC=CCl.C[N+](C)(C)CC(O)CCl.[Cl-].[Cl-]. The second-order valence-corrected chi connectivity index (χ2v) is 7.35. The van der Waals surface area contributed by atoms with E-state index in [9.17, 15) is 0 Å². The lowest BCUT2D eigenvalue weighted by Gasteiger charge is -2.29. The van der Waals surface area contributed by atoms with Crippen molar-refractivity contribution in [3.63, 3.8) is 0 Å². The van der Waals surface area contributed by atoms with Gasteiger partial charge < -0.3 is 44.0 Å². The number of halogens is 4. The minimum Gasteiger partial charge on any atom is -1.00 e. The number of aliphatic hydroxyl groups excluding tert-OH is 2. The molecule has 0 heterocycles. The minimum atomic E-state index is -0.369. The van der Waals surface area contributed by atoms with Crippen LogP contribution in [0.25, 0.3) is 0 Å². The van der Waals surface area contributed by atoms with Crippen LogP contribution in [-0.4, -0.2) is 92.1 Å². The van der Waals surface area contributed by atoms with Crippen LogP contribution < -0.4 is 24.8 Å². The van der Waals surface area contributed by atoms with E-state index in [0.717, 1.165) is 22.1 Å². The number of hydrogen-bond donors (Lipinski definition) is 2. The van der Waals surface area contributed by atoms with E-state index < -0.39 is 0 Å². The third kappa shape index (κ3) is 25.7. The van der Waals surface area contributed by atoms with Crippen molar-refractivity contribution in [2.24, 2.45) is 0 Å². The monoisotopic (exact) mass is 400 g/mol. The van der Waals surface area contributed by atoms with Crippen LogP contribution in [0.1, 0.15) is 6.92 Å². The Kier molecular flexibility index (Phi) is 21.3. The molecule has 138 valence electrons. The molecule has 0 saturated carbocycles. The number of nitrogens with zero attached hydrogens (tertiary/aromatic N) is 2. The Morgan fingerprint density at radius 2 is 1.45 bits per heavy atom. The molecule has 2 unspecified atom stereocenters. The summed E-state index contributed by atoms with van der Waals surface area (Å²) in [6.45, 7) is 4.11. The summed E-state index contributed by atoms with van der Waals surface area (Å²) in [6.07, 6.45) is 1.27. The number of quaternary nitrogens is 2. The molecule has 0 aliphatic carbocycles. The fourth-order valence-corrected chi connectivity index (χ4v) is 1.97. The van der Waals surface area contributed by atoms with Gasteiger partial charge in [0.15, 0.2) is 0 Å². The molecule has 0 aromatic carbocycles. The van der Waals surface area contributed by atoms with Gasteiger partial charge in [-0.15, -0.1) is 11.6 Å². The normalized spacial score (nSPS) is 14.3. The Morgan fingerprint density at radius 1 is 1.00 bits per heavy atom. The first-order valence-electron chi connectivity index (χ1n) is 6.73. The van der Waals surface area contributed by atoms with Gasteiger partial charge in [-0.1, -0.05) is 11.6 Å². The molecule has 0 saturated heterocycles. The van der Waals surface area contributed by atoms with Crippen molar-refractivity contribution in [3.05, 3.63) is 11.6 Å². The number of rotatable bonds is 7. The molecule has 0 aliphatic heterocycles. The van der Waals surface area contributed by atoms with Gasteiger partial charge in [-0.2, -0.15) is 0 Å². The molecule has 0 amide bonds. The topological polar surface area (TPSA) is 40.5 Å². The van der Waals surface area contributed by atoms with Gasteiger partial charge in [0, 0.05) is 5.54 Å². The molecular weight excluding hydrogens is 370 g/mol. The van der Waals surface area contributed by atoms with Crippen molar-refractivity contribution in [1.29, 1.82) is 0 Å². The largest absolute Gasteiger partial charge is 1.00 e. The van der Waals surface area contributed by atoms with Crippen molar-refractivity contribution in [3.8, 4) is 0 Å². The Balaban J connectivity index is -0.000000137. The lowest BCUT2D eigenvalue weighted by molar-refractivity contribution is -0.887. The lowest BCUT2D eigenvalue weighted by atomic mass is 10.3. The molecule has 8 heteroatoms. The van der Waals surface area contributed by atoms with E-state index in [2.05, 4.69) is 14.1 Å². The van der Waals surface area contributed by atoms with Crippen LogP contribution in [0, 0.1) is 0 Å². The zero-order valence-electron chi connectivity index (χ0n) is 14.4. The Morgan fingerprint density at radius 3 is 1.68 bits per heavy atom. The summed E-state index contributed by atoms with van der Waals surface area (Å²) in [7, 11) is 10.2. The predicted octanol–water partition coefficient (Wildman–Crippen LogP) is -4.50. The Bertz CT molecular complexity index is 270. The molecule has 0 rings (SSSR count). The van der Waals surface area contributed by atoms with E-state index >= 15 is 0 Å². The molecule has 2 atom stereocenters. The van der Waals surface area contributed by atoms with E-state index in [4.69, 9.17) is 33.4 Å². The van der Waals surface area contributed by atoms with Crippen LogP contribution in [0.4, 0.5) is 0 Å². The number of likely N-dealkylation sites (N-methyl/N-ethyl adjacent to an activating group) is 2. The Labute approximate surface area is 158 Å². The van der Waals surface area contributed by atoms with Gasteiger partial charge in [0.25, 0.3) is 0 Å². The lowest BCUT2D eigenvalue weighted by Crippen LogP contribution is -3.00. The fraction of sp³-hybridized carbons (Fsp3) is 0.857. The summed E-state index contributed by atoms with van der Waals surface area (Å²) in [4.78, 5) is 0. The predicted molar refractivity (Wildman–Crippen MR) is 88.1 cm³/mol. The standard InChI is InChI=1S/C8H17ClNO.C6H15ClNO.2ClH/c1-8(11)7-10(2,3)6-4-5-9;1-8(2,3)5-6(9)4-7;;/h4-5,8,11H,6-7H2,1-3H3;6,9H,4-5H2,1-3H3;2*1H/q2*+1;;/p-2. The second kappa shape index (κ2) is 15.3. The van der Waals surface area contributed by atoms with Gasteiger partial charge in [-0.3, -0.25) is 0 Å². The molecule has 4 nitrogen and oxygen atoms in total. The molecule has 0 aliphatic rings. The molecular formula is C14H32Cl4N2O2. The molecule has 0 spiro atoms. The van der Waals surface area contributed by atoms with Crippen LogP contribution >= 0.6 is 23.2 Å². The van der Waals surface area contributed by atoms with Gasteiger partial charge in [0.1, 0.15) is 25.3 Å². The van der Waals surface area contributed by atoms with Gasteiger partial charge >= 0.3 is 0 Å². The highest BCUT2D eigenvalue weighted by Crippen LogP contribution is 2.00. The van der Waals surface area contributed by atoms with Gasteiger partial charge in [-0.25, -0.2) is 0 Å². The van der Waals surface area contributed by atoms with E-state index in [-0.39, 0.29) is 37.0 Å². The zero-order chi connectivity index (χ0) is 16.4. The molecule has 0 aromatic rings. The maximum absolute atomic E-state index is 9.11. The number of aliphatic hydroxyl groups is 2. The average Bonchev–Trinajstić information content (AvgIpc) is 2.23. The fourth-order valence-electron chi connectivity index (χ4n) is 1.80. The summed E-state index contributed by atoms with van der Waals surface area (Å²) >= 11 is 10.8. The van der Waals surface area contributed by atoms with E-state index in [0.29, 0.717) is 12.4 Å². The minimum absolute atomic E-state index is 0. The van der Waals surface area contributed by atoms with Crippen LogP contribution in [-0.2, 0) is 0 Å². The van der Waals surface area contributed by atoms with Crippen molar-refractivity contribution >= 4 is 23.2 Å². The molecule has 0 aromatic heterocycles. The number of alkyl halides is 1. The first kappa shape index (κ1) is 30.6. The summed E-state index contributed by atoms with van der Waals surface area (Å²) in [5.41, 5.74) is 1.52. The Hall–Kier alpha value is 0.740. The van der Waals surface area contributed by atoms with Gasteiger partial charge in [0.05, 0.1) is 47.7 Å². The summed E-state index contributed by atoms with van der Waals surface area (Å²) in [5.74, 6) is 0.329. The average molecular weight is 402 g/mol. The maximum atomic E-state index is 9.11. The molecule has 0 bridgehead atoms. The summed E-state index contributed by atoms with van der Waals surface area (Å²) in [5, 5.41) is 18.2. The van der Waals surface area contributed by atoms with E-state index in [1.165, 1.54) is 5.54 Å². The van der Waals surface area contributed by atoms with Crippen molar-refractivity contribution in [2.75, 3.05) is 60.8 Å². The zero-order valence-corrected chi connectivity index (χ0v) is 17.5. The molecule has 2 N–H and O–H groups in total. The third-order valence-electron chi connectivity index (χ3n) is 2.38. The second-order valence-electron chi connectivity index (χ2n) is 6.79. The quantitative estimate of drug-likeness (QED) is 0.333. The van der Waals surface area contributed by atoms with Gasteiger partial charge in [0.2, 0.25) is 0 Å². The molecule has 0 radical (unpaired) electrons. The molecule has 22 heavy (non-hydrogen) atoms. The first-order valence-corrected chi connectivity index (χ1v) is 7.70. The van der Waals surface area contributed by atoms with Crippen LogP contribution in [0.3, 0.4) is 0 Å². The van der Waals surface area contributed by atoms with Crippen molar-refractivity contribution < 1.29 is 44.0 Å². The van der Waals surface area contributed by atoms with Crippen LogP contribution in [0.5, 0.6) is 0 Å². The van der Waals surface area contributed by atoms with Crippen molar-refractivity contribution in [1.82, 2.24) is 0 Å². The van der Waals surface area contributed by atoms with Gasteiger partial charge in [-0.05, 0) is 13.0 Å². The summed E-state index contributed by atoms with van der Waals surface area (Å²) in [6, 6.07) is 0. The highest BCUT2D eigenvalue weighted by molar-refractivity contribution is 6.25. The van der Waals surface area contributed by atoms with Crippen molar-refractivity contribution in [2.45, 2.75) is 19.1 Å². The highest BCUT2D eigenvalue weighted by atomic mass is 35.5. The first-order chi connectivity index (χ1) is 8.93. The maximum Gasteiger partial charge on any atom is 0.116 e. The smallest absolute Gasteiger partial charge is 0.116 e. The van der Waals surface area contributed by atoms with E-state index in [1.807, 2.05) is 27.2 Å². The van der Waals surface area contributed by atoms with E-state index in [1.54, 1.807) is 6.92 Å². The van der Waals surface area contributed by atoms with Crippen LogP contribution in [0.15, 0.2) is 11.6 Å². The highest BCUT2D eigenvalue weighted by Gasteiger charge is 2.15. The van der Waals surface area contributed by atoms with Crippen LogP contribution in [0.2, 0.25) is 0 Å². The third-order valence-corrected chi connectivity index (χ3v) is 2.92. The molecule has 0 fully saturated rings. The summed E-state index contributed by atoms with van der Waals surface area (Å²) < 4.78 is 1.52. The number of hydrogen-bond acceptors (Lipinski definition) is 2.